The number of aryl methyl sites for hydroxylation is 2. The van der Waals surface area contributed by atoms with E-state index < -0.39 is 0 Å². The number of aromatic nitrogens is 1. The Morgan fingerprint density at radius 3 is 2.16 bits per heavy atom. The Balaban J connectivity index is 2.13. The number of hydrogen-bond donors (Lipinski definition) is 3. The van der Waals surface area contributed by atoms with Gasteiger partial charge in [0.25, 0.3) is 0 Å². The van der Waals surface area contributed by atoms with E-state index in [0.717, 1.165) is 26.6 Å². The number of thioether (sulfide) groups is 1. The first-order valence-corrected chi connectivity index (χ1v) is 12.0. The van der Waals surface area contributed by atoms with Crippen LogP contribution in [0.2, 0.25) is 0 Å². The van der Waals surface area contributed by atoms with Gasteiger partial charge >= 0.3 is 0 Å². The van der Waals surface area contributed by atoms with Crippen molar-refractivity contribution in [2.24, 2.45) is 5.73 Å². The first-order chi connectivity index (χ1) is 14.2. The van der Waals surface area contributed by atoms with Gasteiger partial charge in [0.1, 0.15) is 5.75 Å². The second kappa shape index (κ2) is 9.61. The third kappa shape index (κ3) is 6.97. The molecule has 0 unspecified atom stereocenters. The molecule has 6 nitrogen and oxygen atoms in total. The molecule has 1 aromatic heterocycles. The van der Waals surface area contributed by atoms with E-state index >= 15 is 0 Å². The van der Waals surface area contributed by atoms with Gasteiger partial charge in [0.15, 0.2) is 5.13 Å². The second-order valence-electron chi connectivity index (χ2n) is 9.73. The number of amides is 2. The number of phenols is 1. The minimum absolute atomic E-state index is 0.122. The van der Waals surface area contributed by atoms with E-state index in [4.69, 9.17) is 5.73 Å². The number of rotatable bonds is 7. The van der Waals surface area contributed by atoms with Crippen molar-refractivity contribution in [1.82, 2.24) is 4.98 Å². The molecule has 2 aromatic rings. The molecule has 1 aromatic carbocycles. The lowest BCUT2D eigenvalue weighted by molar-refractivity contribution is -0.116. The number of carbonyl (C=O) groups is 2. The molecule has 0 radical (unpaired) electrons. The molecule has 170 valence electrons. The fraction of sp³-hybridized carbons (Fsp3) is 0.522. The van der Waals surface area contributed by atoms with Gasteiger partial charge in [-0.15, -0.1) is 11.8 Å². The summed E-state index contributed by atoms with van der Waals surface area (Å²) >= 11 is 2.67. The van der Waals surface area contributed by atoms with Crippen LogP contribution >= 0.6 is 23.1 Å². The first-order valence-electron chi connectivity index (χ1n) is 10.2. The van der Waals surface area contributed by atoms with Gasteiger partial charge in [-0.05, 0) is 40.9 Å². The average molecular weight is 464 g/mol. The summed E-state index contributed by atoms with van der Waals surface area (Å²) in [5.41, 5.74) is 8.36. The van der Waals surface area contributed by atoms with E-state index in [2.05, 4.69) is 51.8 Å². The van der Waals surface area contributed by atoms with Crippen molar-refractivity contribution >= 4 is 40.0 Å². The highest BCUT2D eigenvalue weighted by molar-refractivity contribution is 8.01. The number of nitrogens with zero attached hydrogens (tertiary/aromatic N) is 1. The van der Waals surface area contributed by atoms with Gasteiger partial charge in [0.05, 0.1) is 15.7 Å². The van der Waals surface area contributed by atoms with Gasteiger partial charge in [-0.25, -0.2) is 4.98 Å². The molecule has 8 heteroatoms. The molecule has 0 aliphatic carbocycles. The van der Waals surface area contributed by atoms with Crippen molar-refractivity contribution in [2.75, 3.05) is 11.1 Å². The summed E-state index contributed by atoms with van der Waals surface area (Å²) in [5, 5.41) is 14.2. The minimum Gasteiger partial charge on any atom is -0.507 e. The molecule has 1 heterocycles. The summed E-state index contributed by atoms with van der Waals surface area (Å²) in [4.78, 5) is 27.9. The largest absolute Gasteiger partial charge is 0.507 e. The minimum atomic E-state index is -0.387. The predicted molar refractivity (Wildman–Crippen MR) is 129 cm³/mol. The number of primary amides is 1. The van der Waals surface area contributed by atoms with Crippen molar-refractivity contribution < 1.29 is 14.7 Å². The van der Waals surface area contributed by atoms with Crippen LogP contribution < -0.4 is 11.1 Å². The van der Waals surface area contributed by atoms with E-state index in [1.54, 1.807) is 0 Å². The van der Waals surface area contributed by atoms with Crippen molar-refractivity contribution in [3.63, 3.8) is 0 Å². The van der Waals surface area contributed by atoms with Crippen molar-refractivity contribution in [3.05, 3.63) is 34.5 Å². The summed E-state index contributed by atoms with van der Waals surface area (Å²) in [6.07, 6.45) is 0.867. The molecule has 0 fully saturated rings. The highest BCUT2D eigenvalue weighted by Crippen LogP contribution is 2.40. The van der Waals surface area contributed by atoms with Crippen LogP contribution in [0.15, 0.2) is 16.3 Å². The molecule has 0 saturated carbocycles. The molecule has 0 bridgehead atoms. The van der Waals surface area contributed by atoms with Crippen LogP contribution in [0.1, 0.15) is 70.3 Å². The number of hydrogen-bond acceptors (Lipinski definition) is 6. The molecule has 0 aliphatic heterocycles. The standard InChI is InChI=1S/C23H33N3O3S2/c1-13-20(30-12-17(24)27)31-21(25-13)26-18(28)9-8-14-10-15(22(2,3)4)19(29)16(11-14)23(5,6)7/h10-11,29H,8-9,12H2,1-7H3,(H2,24,27)(H,25,26,28). The number of nitrogens with one attached hydrogen (secondary N) is 1. The molecule has 0 spiro atoms. The fourth-order valence-corrected chi connectivity index (χ4v) is 5.02. The fourth-order valence-electron chi connectivity index (χ4n) is 3.13. The van der Waals surface area contributed by atoms with Crippen LogP contribution in [0, 0.1) is 6.92 Å². The van der Waals surface area contributed by atoms with E-state index in [1.807, 2.05) is 19.1 Å². The van der Waals surface area contributed by atoms with Gasteiger partial charge in [0, 0.05) is 6.42 Å². The average Bonchev–Trinajstić information content (AvgIpc) is 2.96. The Morgan fingerprint density at radius 1 is 1.13 bits per heavy atom. The topological polar surface area (TPSA) is 105 Å². The van der Waals surface area contributed by atoms with Crippen molar-refractivity contribution in [2.45, 2.75) is 76.3 Å². The first kappa shape index (κ1) is 25.2. The van der Waals surface area contributed by atoms with Gasteiger partial charge in [-0.2, -0.15) is 0 Å². The molecular formula is C23H33N3O3S2. The van der Waals surface area contributed by atoms with Crippen molar-refractivity contribution in [1.29, 1.82) is 0 Å². The van der Waals surface area contributed by atoms with Gasteiger partial charge < -0.3 is 16.2 Å². The predicted octanol–water partition coefficient (Wildman–Crippen LogP) is 4.90. The molecule has 31 heavy (non-hydrogen) atoms. The Morgan fingerprint density at radius 2 is 1.68 bits per heavy atom. The molecule has 4 N–H and O–H groups in total. The Bertz CT molecular complexity index is 934. The van der Waals surface area contributed by atoms with Crippen LogP contribution in [0.5, 0.6) is 5.75 Å². The zero-order valence-electron chi connectivity index (χ0n) is 19.4. The molecule has 2 rings (SSSR count). The van der Waals surface area contributed by atoms with Crippen LogP contribution in [-0.4, -0.2) is 27.7 Å². The Kier molecular flexibility index (Phi) is 7.81. The number of phenolic OH excluding ortho intramolecular Hbond substituents is 1. The zero-order chi connectivity index (χ0) is 23.6. The number of anilines is 1. The maximum Gasteiger partial charge on any atom is 0.227 e. The molecule has 2 amide bonds. The molecule has 0 aliphatic rings. The van der Waals surface area contributed by atoms with Crippen LogP contribution in [0.4, 0.5) is 5.13 Å². The Hall–Kier alpha value is -2.06. The third-order valence-corrected chi connectivity index (χ3v) is 7.23. The normalized spacial score (nSPS) is 12.1. The van der Waals surface area contributed by atoms with E-state index in [1.165, 1.54) is 23.1 Å². The van der Waals surface area contributed by atoms with E-state index in [-0.39, 0.29) is 28.4 Å². The number of thiazole rings is 1. The zero-order valence-corrected chi connectivity index (χ0v) is 21.0. The number of nitrogens with two attached hydrogens (primary N) is 1. The number of carbonyl (C=O) groups excluding carboxylic acids is 2. The van der Waals surface area contributed by atoms with E-state index in [9.17, 15) is 14.7 Å². The number of benzene rings is 1. The summed E-state index contributed by atoms with van der Waals surface area (Å²) < 4.78 is 0.872. The van der Waals surface area contributed by atoms with Crippen LogP contribution in [-0.2, 0) is 26.8 Å². The number of aromatic hydroxyl groups is 1. The van der Waals surface area contributed by atoms with Gasteiger partial charge in [-0.1, -0.05) is 65.0 Å². The van der Waals surface area contributed by atoms with Crippen LogP contribution in [0.25, 0.3) is 0 Å². The molecule has 0 saturated heterocycles. The van der Waals surface area contributed by atoms with Gasteiger partial charge in [-0.3, -0.25) is 9.59 Å². The highest BCUT2D eigenvalue weighted by Gasteiger charge is 2.26. The SMILES string of the molecule is Cc1nc(NC(=O)CCc2cc(C(C)(C)C)c(O)c(C(C)(C)C)c2)sc1SCC(N)=O. The quantitative estimate of drug-likeness (QED) is 0.507. The molecule has 0 atom stereocenters. The second-order valence-corrected chi connectivity index (χ2v) is 12.0. The summed E-state index contributed by atoms with van der Waals surface area (Å²) in [6.45, 7) is 14.3. The monoisotopic (exact) mass is 463 g/mol. The van der Waals surface area contributed by atoms with E-state index in [0.29, 0.717) is 23.7 Å². The lowest BCUT2D eigenvalue weighted by atomic mass is 9.78. The maximum atomic E-state index is 12.5. The molecular weight excluding hydrogens is 430 g/mol. The Labute approximate surface area is 193 Å². The highest BCUT2D eigenvalue weighted by atomic mass is 32.2. The summed E-state index contributed by atoms with van der Waals surface area (Å²) in [5.74, 6) is 0.0145. The summed E-state index contributed by atoms with van der Waals surface area (Å²) in [7, 11) is 0. The lowest BCUT2D eigenvalue weighted by Crippen LogP contribution is -2.18. The van der Waals surface area contributed by atoms with Crippen molar-refractivity contribution in [3.8, 4) is 5.75 Å². The summed E-state index contributed by atoms with van der Waals surface area (Å²) in [6, 6.07) is 4.01. The maximum absolute atomic E-state index is 12.5. The third-order valence-electron chi connectivity index (χ3n) is 4.77. The van der Waals surface area contributed by atoms with Crippen LogP contribution in [0.3, 0.4) is 0 Å². The van der Waals surface area contributed by atoms with Gasteiger partial charge in [0.2, 0.25) is 11.8 Å². The smallest absolute Gasteiger partial charge is 0.227 e. The lowest BCUT2D eigenvalue weighted by Gasteiger charge is -2.28.